The third kappa shape index (κ3) is 2.40. The molecule has 2 aromatic rings. The highest BCUT2D eigenvalue weighted by atomic mass is 19.1. The van der Waals surface area contributed by atoms with E-state index in [0.717, 1.165) is 0 Å². The topological polar surface area (TPSA) is 44.1 Å². The summed E-state index contributed by atoms with van der Waals surface area (Å²) in [7, 11) is 0. The third-order valence-electron chi connectivity index (χ3n) is 3.24. The van der Waals surface area contributed by atoms with E-state index in [1.165, 1.54) is 6.07 Å². The fourth-order valence-corrected chi connectivity index (χ4v) is 2.32. The molecule has 0 saturated heterocycles. The number of ether oxygens (including phenoxy) is 1. The first kappa shape index (κ1) is 14.5. The van der Waals surface area contributed by atoms with Gasteiger partial charge in [0.1, 0.15) is 17.3 Å². The molecule has 5 heteroatoms. The van der Waals surface area contributed by atoms with Crippen molar-refractivity contribution in [2.24, 2.45) is 0 Å². The van der Waals surface area contributed by atoms with Crippen molar-refractivity contribution < 1.29 is 13.9 Å². The van der Waals surface area contributed by atoms with Crippen molar-refractivity contribution in [1.82, 2.24) is 9.55 Å². The summed E-state index contributed by atoms with van der Waals surface area (Å²) in [4.78, 5) is 16.2. The Morgan fingerprint density at radius 1 is 1.40 bits per heavy atom. The largest absolute Gasteiger partial charge is 0.465 e. The number of hydrogen-bond acceptors (Lipinski definition) is 3. The summed E-state index contributed by atoms with van der Waals surface area (Å²) >= 11 is 0. The van der Waals surface area contributed by atoms with Gasteiger partial charge in [0.25, 0.3) is 0 Å². The number of benzene rings is 1. The van der Waals surface area contributed by atoms with Crippen LogP contribution in [0.3, 0.4) is 0 Å². The molecular formula is C15H19FN2O2. The molecule has 0 aliphatic rings. The van der Waals surface area contributed by atoms with Crippen LogP contribution in [0.4, 0.5) is 4.39 Å². The van der Waals surface area contributed by atoms with Crippen molar-refractivity contribution in [1.29, 1.82) is 0 Å². The Balaban J connectivity index is 2.60. The third-order valence-corrected chi connectivity index (χ3v) is 3.24. The lowest BCUT2D eigenvalue weighted by atomic mass is 10.1. The van der Waals surface area contributed by atoms with Crippen molar-refractivity contribution in [3.8, 4) is 0 Å². The lowest BCUT2D eigenvalue weighted by molar-refractivity contribution is -0.144. The van der Waals surface area contributed by atoms with Gasteiger partial charge in [0.2, 0.25) is 0 Å². The van der Waals surface area contributed by atoms with Gasteiger partial charge in [-0.25, -0.2) is 9.37 Å². The van der Waals surface area contributed by atoms with Crippen LogP contribution in [0.25, 0.3) is 11.0 Å². The van der Waals surface area contributed by atoms with Crippen LogP contribution in [0.5, 0.6) is 0 Å². The Bertz CT molecular complexity index is 634. The average Bonchev–Trinajstić information content (AvgIpc) is 2.79. The quantitative estimate of drug-likeness (QED) is 0.805. The molecule has 0 spiro atoms. The number of imidazole rings is 1. The Hall–Kier alpha value is -1.91. The maximum Gasteiger partial charge on any atom is 0.316 e. The first-order chi connectivity index (χ1) is 9.47. The molecule has 1 unspecified atom stereocenters. The van der Waals surface area contributed by atoms with Gasteiger partial charge in [0.05, 0.1) is 12.1 Å². The number of carbonyl (C=O) groups is 1. The van der Waals surface area contributed by atoms with Crippen LogP contribution < -0.4 is 0 Å². The molecule has 0 bridgehead atoms. The van der Waals surface area contributed by atoms with Crippen molar-refractivity contribution in [2.75, 3.05) is 6.61 Å². The van der Waals surface area contributed by atoms with E-state index in [4.69, 9.17) is 4.74 Å². The van der Waals surface area contributed by atoms with Crippen LogP contribution >= 0.6 is 0 Å². The number of carbonyl (C=O) groups excluding carboxylic acids is 1. The van der Waals surface area contributed by atoms with Gasteiger partial charge in [-0.2, -0.15) is 0 Å². The lowest BCUT2D eigenvalue weighted by Crippen LogP contribution is -2.18. The second kappa shape index (κ2) is 5.61. The number of nitrogens with zero attached hydrogens (tertiary/aromatic N) is 2. The number of fused-ring (bicyclic) bond motifs is 1. The molecule has 0 aliphatic heterocycles. The van der Waals surface area contributed by atoms with Crippen LogP contribution in [0.15, 0.2) is 18.2 Å². The first-order valence-corrected chi connectivity index (χ1v) is 6.80. The lowest BCUT2D eigenvalue weighted by Gasteiger charge is -2.16. The summed E-state index contributed by atoms with van der Waals surface area (Å²) in [6.07, 6.45) is 0. The van der Waals surface area contributed by atoms with Gasteiger partial charge in [-0.1, -0.05) is 6.07 Å². The molecule has 0 amide bonds. The van der Waals surface area contributed by atoms with Crippen molar-refractivity contribution >= 4 is 17.0 Å². The molecule has 1 aromatic carbocycles. The van der Waals surface area contributed by atoms with Gasteiger partial charge in [-0.3, -0.25) is 4.79 Å². The van der Waals surface area contributed by atoms with Gasteiger partial charge in [0, 0.05) is 6.04 Å². The zero-order chi connectivity index (χ0) is 14.9. The van der Waals surface area contributed by atoms with Crippen molar-refractivity contribution in [2.45, 2.75) is 39.7 Å². The maximum absolute atomic E-state index is 13.9. The Morgan fingerprint density at radius 3 is 2.70 bits per heavy atom. The molecule has 4 nitrogen and oxygen atoms in total. The Kier molecular flexibility index (Phi) is 4.06. The van der Waals surface area contributed by atoms with Gasteiger partial charge < -0.3 is 9.30 Å². The molecule has 0 saturated carbocycles. The molecule has 0 fully saturated rings. The molecule has 1 atom stereocenters. The van der Waals surface area contributed by atoms with E-state index < -0.39 is 5.92 Å². The molecule has 1 heterocycles. The summed E-state index contributed by atoms with van der Waals surface area (Å²) in [5.41, 5.74) is 0.999. The molecule has 108 valence electrons. The van der Waals surface area contributed by atoms with E-state index in [9.17, 15) is 9.18 Å². The minimum Gasteiger partial charge on any atom is -0.465 e. The second-order valence-electron chi connectivity index (χ2n) is 5.02. The standard InChI is InChI=1S/C15H19FN2O2/c1-5-20-15(19)10(4)14-17-13-11(16)7-6-8-12(13)18(14)9(2)3/h6-10H,5H2,1-4H3. The number of para-hydroxylation sites is 1. The molecule has 1 aromatic heterocycles. The molecule has 2 rings (SSSR count). The van der Waals surface area contributed by atoms with Gasteiger partial charge in [0.15, 0.2) is 5.82 Å². The van der Waals surface area contributed by atoms with Gasteiger partial charge >= 0.3 is 5.97 Å². The highest BCUT2D eigenvalue weighted by Gasteiger charge is 2.25. The Labute approximate surface area is 117 Å². The summed E-state index contributed by atoms with van der Waals surface area (Å²) in [5, 5.41) is 0. The number of rotatable bonds is 4. The summed E-state index contributed by atoms with van der Waals surface area (Å²) < 4.78 is 20.8. The van der Waals surface area contributed by atoms with Gasteiger partial charge in [-0.05, 0) is 39.8 Å². The molecule has 0 N–H and O–H groups in total. The number of esters is 1. The minimum atomic E-state index is -0.524. The van der Waals surface area contributed by atoms with E-state index in [2.05, 4.69) is 4.98 Å². The molecule has 0 radical (unpaired) electrons. The Morgan fingerprint density at radius 2 is 2.10 bits per heavy atom. The SMILES string of the molecule is CCOC(=O)C(C)c1nc2c(F)cccc2n1C(C)C. The summed E-state index contributed by atoms with van der Waals surface area (Å²) in [6.45, 7) is 7.77. The number of halogens is 1. The van der Waals surface area contributed by atoms with E-state index >= 15 is 0 Å². The maximum atomic E-state index is 13.9. The normalized spacial score (nSPS) is 12.9. The summed E-state index contributed by atoms with van der Waals surface area (Å²) in [5.74, 6) is -0.702. The summed E-state index contributed by atoms with van der Waals surface area (Å²) in [6, 6.07) is 4.91. The monoisotopic (exact) mass is 278 g/mol. The molecular weight excluding hydrogens is 259 g/mol. The van der Waals surface area contributed by atoms with E-state index in [1.54, 1.807) is 19.9 Å². The van der Waals surface area contributed by atoms with Crippen LogP contribution in [-0.2, 0) is 9.53 Å². The fraction of sp³-hybridized carbons (Fsp3) is 0.467. The van der Waals surface area contributed by atoms with Crippen LogP contribution in [0, 0.1) is 5.82 Å². The predicted octanol–water partition coefficient (Wildman–Crippen LogP) is 3.42. The zero-order valence-corrected chi connectivity index (χ0v) is 12.2. The minimum absolute atomic E-state index is 0.0775. The van der Waals surface area contributed by atoms with E-state index in [0.29, 0.717) is 23.5 Å². The van der Waals surface area contributed by atoms with Gasteiger partial charge in [-0.15, -0.1) is 0 Å². The second-order valence-corrected chi connectivity index (χ2v) is 5.02. The van der Waals surface area contributed by atoms with E-state index in [-0.39, 0.29) is 17.8 Å². The smallest absolute Gasteiger partial charge is 0.316 e. The highest BCUT2D eigenvalue weighted by molar-refractivity contribution is 5.81. The average molecular weight is 278 g/mol. The molecule has 0 aliphatic carbocycles. The number of aromatic nitrogens is 2. The van der Waals surface area contributed by atoms with Crippen LogP contribution in [0.1, 0.15) is 45.5 Å². The molecule has 20 heavy (non-hydrogen) atoms. The predicted molar refractivity (Wildman–Crippen MR) is 75.1 cm³/mol. The van der Waals surface area contributed by atoms with Crippen LogP contribution in [0.2, 0.25) is 0 Å². The fourth-order valence-electron chi connectivity index (χ4n) is 2.32. The van der Waals surface area contributed by atoms with Crippen molar-refractivity contribution in [3.63, 3.8) is 0 Å². The first-order valence-electron chi connectivity index (χ1n) is 6.80. The number of hydrogen-bond donors (Lipinski definition) is 0. The van der Waals surface area contributed by atoms with Crippen molar-refractivity contribution in [3.05, 3.63) is 29.8 Å². The van der Waals surface area contributed by atoms with E-state index in [1.807, 2.05) is 24.5 Å². The van der Waals surface area contributed by atoms with Crippen LogP contribution in [-0.4, -0.2) is 22.1 Å². The highest BCUT2D eigenvalue weighted by Crippen LogP contribution is 2.28. The zero-order valence-electron chi connectivity index (χ0n) is 12.2.